The van der Waals surface area contributed by atoms with Crippen molar-refractivity contribution in [2.24, 2.45) is 11.8 Å². The lowest BCUT2D eigenvalue weighted by Gasteiger charge is -2.26. The van der Waals surface area contributed by atoms with Crippen LogP contribution in [0.2, 0.25) is 0 Å². The van der Waals surface area contributed by atoms with Crippen molar-refractivity contribution in [1.82, 2.24) is 15.1 Å². The highest BCUT2D eigenvalue weighted by Crippen LogP contribution is 2.29. The molecule has 0 radical (unpaired) electrons. The Bertz CT molecular complexity index is 377. The van der Waals surface area contributed by atoms with Crippen molar-refractivity contribution in [3.05, 3.63) is 18.0 Å². The van der Waals surface area contributed by atoms with Gasteiger partial charge in [0.2, 0.25) is 0 Å². The first-order valence-electron chi connectivity index (χ1n) is 8.43. The zero-order valence-electron chi connectivity index (χ0n) is 13.4. The van der Waals surface area contributed by atoms with Gasteiger partial charge in [-0.25, -0.2) is 0 Å². The van der Waals surface area contributed by atoms with E-state index in [0.29, 0.717) is 6.04 Å². The third-order valence-electron chi connectivity index (χ3n) is 4.88. The van der Waals surface area contributed by atoms with E-state index in [0.717, 1.165) is 31.3 Å². The minimum absolute atomic E-state index is 0.507. The fourth-order valence-corrected chi connectivity index (χ4v) is 3.04. The largest absolute Gasteiger partial charge is 0.311 e. The van der Waals surface area contributed by atoms with Crippen LogP contribution >= 0.6 is 0 Å². The summed E-state index contributed by atoms with van der Waals surface area (Å²) in [5.74, 6) is 1.92. The summed E-state index contributed by atoms with van der Waals surface area (Å²) < 4.78 is 2.08. The summed E-state index contributed by atoms with van der Waals surface area (Å²) in [5, 5.41) is 8.18. The summed E-state index contributed by atoms with van der Waals surface area (Å²) in [5.41, 5.74) is 1.17. The summed E-state index contributed by atoms with van der Waals surface area (Å²) in [6.45, 7) is 8.85. The van der Waals surface area contributed by atoms with Gasteiger partial charge in [0.05, 0.1) is 5.69 Å². The lowest BCUT2D eigenvalue weighted by Crippen LogP contribution is -2.21. The quantitative estimate of drug-likeness (QED) is 0.758. The lowest BCUT2D eigenvalue weighted by atomic mass is 9.81. The van der Waals surface area contributed by atoms with Crippen LogP contribution in [0, 0.1) is 11.8 Å². The third-order valence-corrected chi connectivity index (χ3v) is 4.88. The molecule has 1 fully saturated rings. The van der Waals surface area contributed by atoms with E-state index < -0.39 is 0 Å². The van der Waals surface area contributed by atoms with Crippen LogP contribution in [0.1, 0.15) is 71.0 Å². The van der Waals surface area contributed by atoms with Crippen molar-refractivity contribution in [2.45, 2.75) is 71.9 Å². The van der Waals surface area contributed by atoms with Crippen molar-refractivity contribution < 1.29 is 0 Å². The number of nitrogens with one attached hydrogen (secondary N) is 1. The van der Waals surface area contributed by atoms with Gasteiger partial charge in [-0.15, -0.1) is 0 Å². The molecule has 1 aliphatic rings. The standard InChI is InChI=1S/C17H31N3/c1-4-15(3)20-12-10-17(19-20)13-18-11-9-16-7-5-14(2)6-8-16/h10,12,14-16,18H,4-9,11,13H2,1-3H3. The van der Waals surface area contributed by atoms with Crippen molar-refractivity contribution in [2.75, 3.05) is 6.54 Å². The van der Waals surface area contributed by atoms with Gasteiger partial charge in [0, 0.05) is 18.8 Å². The minimum atomic E-state index is 0.507. The van der Waals surface area contributed by atoms with Crippen molar-refractivity contribution in [3.63, 3.8) is 0 Å². The first-order chi connectivity index (χ1) is 9.69. The van der Waals surface area contributed by atoms with Crippen LogP contribution in [-0.2, 0) is 6.54 Å². The Balaban J connectivity index is 1.62. The first-order valence-corrected chi connectivity index (χ1v) is 8.43. The Morgan fingerprint density at radius 1 is 1.35 bits per heavy atom. The molecule has 2 rings (SSSR count). The molecule has 1 heterocycles. The van der Waals surface area contributed by atoms with Crippen LogP contribution in [0.3, 0.4) is 0 Å². The Kier molecular flexibility index (Phi) is 6.08. The SMILES string of the molecule is CCC(C)n1ccc(CNCCC2CCC(C)CC2)n1. The van der Waals surface area contributed by atoms with Gasteiger partial charge in [0.15, 0.2) is 0 Å². The molecule has 1 saturated carbocycles. The third kappa shape index (κ3) is 4.62. The van der Waals surface area contributed by atoms with E-state index in [1.807, 2.05) is 0 Å². The average molecular weight is 277 g/mol. The monoisotopic (exact) mass is 277 g/mol. The molecule has 1 N–H and O–H groups in total. The predicted octanol–water partition coefficient (Wildman–Crippen LogP) is 4.16. The van der Waals surface area contributed by atoms with Crippen LogP contribution < -0.4 is 5.32 Å². The maximum atomic E-state index is 4.63. The second-order valence-corrected chi connectivity index (χ2v) is 6.64. The minimum Gasteiger partial charge on any atom is -0.311 e. The number of rotatable bonds is 7. The summed E-state index contributed by atoms with van der Waals surface area (Å²) in [4.78, 5) is 0. The van der Waals surface area contributed by atoms with Gasteiger partial charge in [-0.1, -0.05) is 39.5 Å². The molecule has 1 aromatic rings. The summed E-state index contributed by atoms with van der Waals surface area (Å²) in [7, 11) is 0. The molecule has 0 saturated heterocycles. The molecule has 1 unspecified atom stereocenters. The van der Waals surface area contributed by atoms with E-state index in [1.54, 1.807) is 0 Å². The molecule has 0 amide bonds. The second-order valence-electron chi connectivity index (χ2n) is 6.64. The normalized spacial score (nSPS) is 24.8. The molecule has 20 heavy (non-hydrogen) atoms. The van der Waals surface area contributed by atoms with Gasteiger partial charge in [-0.05, 0) is 44.2 Å². The van der Waals surface area contributed by atoms with Gasteiger partial charge in [-0.3, -0.25) is 4.68 Å². The zero-order valence-corrected chi connectivity index (χ0v) is 13.4. The van der Waals surface area contributed by atoms with Crippen molar-refractivity contribution in [1.29, 1.82) is 0 Å². The first kappa shape index (κ1) is 15.6. The molecule has 114 valence electrons. The smallest absolute Gasteiger partial charge is 0.0762 e. The predicted molar refractivity (Wildman–Crippen MR) is 84.7 cm³/mol. The lowest BCUT2D eigenvalue weighted by molar-refractivity contribution is 0.275. The topological polar surface area (TPSA) is 29.9 Å². The van der Waals surface area contributed by atoms with Crippen molar-refractivity contribution >= 4 is 0 Å². The molecule has 0 spiro atoms. The van der Waals surface area contributed by atoms with E-state index in [-0.39, 0.29) is 0 Å². The molecular formula is C17H31N3. The molecular weight excluding hydrogens is 246 g/mol. The van der Waals surface area contributed by atoms with E-state index >= 15 is 0 Å². The highest BCUT2D eigenvalue weighted by atomic mass is 15.3. The number of aromatic nitrogens is 2. The van der Waals surface area contributed by atoms with E-state index in [2.05, 4.69) is 48.1 Å². The van der Waals surface area contributed by atoms with E-state index in [1.165, 1.54) is 37.8 Å². The van der Waals surface area contributed by atoms with Gasteiger partial charge in [-0.2, -0.15) is 5.10 Å². The summed E-state index contributed by atoms with van der Waals surface area (Å²) in [6.07, 6.45) is 10.3. The van der Waals surface area contributed by atoms with Crippen LogP contribution in [0.5, 0.6) is 0 Å². The fourth-order valence-electron chi connectivity index (χ4n) is 3.04. The molecule has 1 aromatic heterocycles. The van der Waals surface area contributed by atoms with Crippen LogP contribution in [-0.4, -0.2) is 16.3 Å². The molecule has 1 atom stereocenters. The van der Waals surface area contributed by atoms with Crippen LogP contribution in [0.15, 0.2) is 12.3 Å². The van der Waals surface area contributed by atoms with Crippen LogP contribution in [0.25, 0.3) is 0 Å². The molecule has 1 aliphatic carbocycles. The summed E-state index contributed by atoms with van der Waals surface area (Å²) >= 11 is 0. The molecule has 3 heteroatoms. The number of nitrogens with zero attached hydrogens (tertiary/aromatic N) is 2. The average Bonchev–Trinajstić information content (AvgIpc) is 2.93. The van der Waals surface area contributed by atoms with Gasteiger partial charge < -0.3 is 5.32 Å². The van der Waals surface area contributed by atoms with E-state index in [4.69, 9.17) is 0 Å². The molecule has 0 aliphatic heterocycles. The Hall–Kier alpha value is -0.830. The maximum absolute atomic E-state index is 4.63. The number of hydrogen-bond donors (Lipinski definition) is 1. The molecule has 0 aromatic carbocycles. The van der Waals surface area contributed by atoms with E-state index in [9.17, 15) is 0 Å². The van der Waals surface area contributed by atoms with Crippen LogP contribution in [0.4, 0.5) is 0 Å². The van der Waals surface area contributed by atoms with Crippen molar-refractivity contribution in [3.8, 4) is 0 Å². The highest BCUT2D eigenvalue weighted by Gasteiger charge is 2.17. The maximum Gasteiger partial charge on any atom is 0.0762 e. The Morgan fingerprint density at radius 2 is 2.10 bits per heavy atom. The number of hydrogen-bond acceptors (Lipinski definition) is 2. The van der Waals surface area contributed by atoms with Gasteiger partial charge in [0.25, 0.3) is 0 Å². The highest BCUT2D eigenvalue weighted by molar-refractivity contribution is 4.99. The second kappa shape index (κ2) is 7.82. The molecule has 3 nitrogen and oxygen atoms in total. The fraction of sp³-hybridized carbons (Fsp3) is 0.824. The van der Waals surface area contributed by atoms with Gasteiger partial charge >= 0.3 is 0 Å². The molecule has 0 bridgehead atoms. The Morgan fingerprint density at radius 3 is 2.80 bits per heavy atom. The Labute approximate surface area is 124 Å². The zero-order chi connectivity index (χ0) is 14.4. The summed E-state index contributed by atoms with van der Waals surface area (Å²) in [6, 6.07) is 2.65. The van der Waals surface area contributed by atoms with Gasteiger partial charge in [0.1, 0.15) is 0 Å².